The van der Waals surface area contributed by atoms with Crippen LogP contribution in [-0.4, -0.2) is 17.9 Å². The van der Waals surface area contributed by atoms with Crippen LogP contribution in [0.1, 0.15) is 5.56 Å². The molecule has 0 bridgehead atoms. The van der Waals surface area contributed by atoms with Gasteiger partial charge in [0.1, 0.15) is 0 Å². The van der Waals surface area contributed by atoms with E-state index in [1.54, 1.807) is 6.08 Å². The zero-order chi connectivity index (χ0) is 9.52. The Morgan fingerprint density at radius 3 is 2.69 bits per heavy atom. The van der Waals surface area contributed by atoms with E-state index in [0.29, 0.717) is 0 Å². The average Bonchev–Trinajstić information content (AvgIpc) is 2.17. The van der Waals surface area contributed by atoms with Crippen molar-refractivity contribution in [1.82, 2.24) is 0 Å². The summed E-state index contributed by atoms with van der Waals surface area (Å²) < 4.78 is 4.29. The zero-order valence-corrected chi connectivity index (χ0v) is 7.01. The number of aliphatic hydroxyl groups excluding tert-OH is 1. The Labute approximate surface area is 76.3 Å². The number of rotatable bonds is 3. The molecule has 13 heavy (non-hydrogen) atoms. The number of carbonyl (C=O) groups excluding carboxylic acids is 1. The van der Waals surface area contributed by atoms with Gasteiger partial charge in [0, 0.05) is 6.08 Å². The Morgan fingerprint density at radius 2 is 2.08 bits per heavy atom. The van der Waals surface area contributed by atoms with Gasteiger partial charge in [-0.15, -0.1) is 0 Å². The molecule has 0 amide bonds. The summed E-state index contributed by atoms with van der Waals surface area (Å²) in [5.41, 5.74) is 0.914. The Morgan fingerprint density at radius 1 is 1.38 bits per heavy atom. The summed E-state index contributed by atoms with van der Waals surface area (Å²) in [5.74, 6) is -0.550. The minimum atomic E-state index is -0.585. The molecule has 0 fully saturated rings. The Kier molecular flexibility index (Phi) is 3.73. The summed E-state index contributed by atoms with van der Waals surface area (Å²) in [4.78, 5) is 10.7. The molecule has 3 nitrogen and oxygen atoms in total. The van der Waals surface area contributed by atoms with Crippen LogP contribution in [0.2, 0.25) is 0 Å². The van der Waals surface area contributed by atoms with Crippen molar-refractivity contribution in [2.75, 3.05) is 6.79 Å². The average molecular weight is 178 g/mol. The van der Waals surface area contributed by atoms with Crippen molar-refractivity contribution in [3.8, 4) is 0 Å². The van der Waals surface area contributed by atoms with E-state index in [0.717, 1.165) is 5.56 Å². The van der Waals surface area contributed by atoms with Crippen molar-refractivity contribution in [3.63, 3.8) is 0 Å². The third-order valence-electron chi connectivity index (χ3n) is 1.42. The summed E-state index contributed by atoms with van der Waals surface area (Å²) in [6.45, 7) is -0.585. The molecular weight excluding hydrogens is 168 g/mol. The quantitative estimate of drug-likeness (QED) is 0.429. The highest BCUT2D eigenvalue weighted by Gasteiger charge is 1.92. The Hall–Kier alpha value is -1.61. The molecule has 0 aromatic heterocycles. The second-order valence-electron chi connectivity index (χ2n) is 2.34. The maximum atomic E-state index is 10.7. The largest absolute Gasteiger partial charge is 0.436 e. The smallest absolute Gasteiger partial charge is 0.332 e. The molecule has 1 rings (SSSR count). The van der Waals surface area contributed by atoms with E-state index in [9.17, 15) is 4.79 Å². The van der Waals surface area contributed by atoms with E-state index in [4.69, 9.17) is 5.11 Å². The highest BCUT2D eigenvalue weighted by Crippen LogP contribution is 2.00. The van der Waals surface area contributed by atoms with E-state index < -0.39 is 12.8 Å². The van der Waals surface area contributed by atoms with Gasteiger partial charge in [-0.2, -0.15) is 0 Å². The van der Waals surface area contributed by atoms with E-state index in [1.165, 1.54) is 6.08 Å². The molecular formula is C10H10O3. The molecule has 0 spiro atoms. The first-order valence-electron chi connectivity index (χ1n) is 3.83. The normalized spacial score (nSPS) is 10.2. The zero-order valence-electron chi connectivity index (χ0n) is 7.01. The van der Waals surface area contributed by atoms with Crippen molar-refractivity contribution >= 4 is 12.0 Å². The molecule has 0 heterocycles. The van der Waals surface area contributed by atoms with Crippen LogP contribution in [0.3, 0.4) is 0 Å². The van der Waals surface area contributed by atoms with Gasteiger partial charge < -0.3 is 9.84 Å². The maximum Gasteiger partial charge on any atom is 0.332 e. The van der Waals surface area contributed by atoms with Gasteiger partial charge in [0.25, 0.3) is 0 Å². The minimum absolute atomic E-state index is 0.550. The number of hydrogen-bond acceptors (Lipinski definition) is 3. The lowest BCUT2D eigenvalue weighted by molar-refractivity contribution is -0.145. The van der Waals surface area contributed by atoms with Crippen LogP contribution < -0.4 is 0 Å². The first-order valence-corrected chi connectivity index (χ1v) is 3.83. The molecule has 1 aromatic carbocycles. The standard InChI is InChI=1S/C10H10O3/c11-8-13-10(12)7-6-9-4-2-1-3-5-9/h1-7,11H,8H2/b7-6+. The van der Waals surface area contributed by atoms with E-state index in [-0.39, 0.29) is 0 Å². The van der Waals surface area contributed by atoms with E-state index in [2.05, 4.69) is 4.74 Å². The third-order valence-corrected chi connectivity index (χ3v) is 1.42. The molecule has 0 aliphatic carbocycles. The summed E-state index contributed by atoms with van der Waals surface area (Å²) in [7, 11) is 0. The lowest BCUT2D eigenvalue weighted by atomic mass is 10.2. The fourth-order valence-corrected chi connectivity index (χ4v) is 0.840. The van der Waals surface area contributed by atoms with Crippen LogP contribution in [0.25, 0.3) is 6.08 Å². The molecule has 1 N–H and O–H groups in total. The van der Waals surface area contributed by atoms with Crippen LogP contribution in [0.5, 0.6) is 0 Å². The predicted molar refractivity (Wildman–Crippen MR) is 48.7 cm³/mol. The second-order valence-corrected chi connectivity index (χ2v) is 2.34. The number of ether oxygens (including phenoxy) is 1. The first-order chi connectivity index (χ1) is 6.33. The van der Waals surface area contributed by atoms with Gasteiger partial charge in [0.15, 0.2) is 6.79 Å². The number of benzene rings is 1. The maximum absolute atomic E-state index is 10.7. The molecule has 3 heteroatoms. The lowest BCUT2D eigenvalue weighted by Crippen LogP contribution is -2.00. The second kappa shape index (κ2) is 5.11. The summed E-state index contributed by atoms with van der Waals surface area (Å²) in [6, 6.07) is 9.36. The van der Waals surface area contributed by atoms with E-state index >= 15 is 0 Å². The van der Waals surface area contributed by atoms with Crippen molar-refractivity contribution in [2.45, 2.75) is 0 Å². The number of carbonyl (C=O) groups is 1. The molecule has 0 aliphatic heterocycles. The molecule has 0 unspecified atom stereocenters. The van der Waals surface area contributed by atoms with Crippen LogP contribution >= 0.6 is 0 Å². The number of hydrogen-bond donors (Lipinski definition) is 1. The topological polar surface area (TPSA) is 46.5 Å². The van der Waals surface area contributed by atoms with Gasteiger partial charge in [0.05, 0.1) is 0 Å². The van der Waals surface area contributed by atoms with Crippen molar-refractivity contribution in [2.24, 2.45) is 0 Å². The highest BCUT2D eigenvalue weighted by atomic mass is 16.6. The summed E-state index contributed by atoms with van der Waals surface area (Å²) in [5, 5.41) is 8.26. The molecule has 1 aromatic rings. The van der Waals surface area contributed by atoms with Crippen molar-refractivity contribution in [1.29, 1.82) is 0 Å². The molecule has 0 saturated carbocycles. The van der Waals surface area contributed by atoms with Crippen LogP contribution in [0, 0.1) is 0 Å². The molecule has 0 aliphatic rings. The van der Waals surface area contributed by atoms with Gasteiger partial charge in [-0.3, -0.25) is 0 Å². The molecule has 0 atom stereocenters. The van der Waals surface area contributed by atoms with Crippen molar-refractivity contribution < 1.29 is 14.6 Å². The molecule has 0 saturated heterocycles. The molecule has 0 radical (unpaired) electrons. The van der Waals surface area contributed by atoms with Crippen molar-refractivity contribution in [3.05, 3.63) is 42.0 Å². The van der Waals surface area contributed by atoms with Gasteiger partial charge in [-0.1, -0.05) is 30.3 Å². The van der Waals surface area contributed by atoms with Crippen LogP contribution in [-0.2, 0) is 9.53 Å². The van der Waals surface area contributed by atoms with E-state index in [1.807, 2.05) is 30.3 Å². The van der Waals surface area contributed by atoms with Gasteiger partial charge in [-0.05, 0) is 11.6 Å². The molecule has 68 valence electrons. The highest BCUT2D eigenvalue weighted by molar-refractivity contribution is 5.86. The monoisotopic (exact) mass is 178 g/mol. The van der Waals surface area contributed by atoms with Crippen LogP contribution in [0.4, 0.5) is 0 Å². The minimum Gasteiger partial charge on any atom is -0.436 e. The number of esters is 1. The predicted octanol–water partition coefficient (Wildman–Crippen LogP) is 1.19. The Bertz CT molecular complexity index is 290. The SMILES string of the molecule is O=C(/C=C/c1ccccc1)OCO. The fraction of sp³-hybridized carbons (Fsp3) is 0.100. The summed E-state index contributed by atoms with van der Waals surface area (Å²) >= 11 is 0. The van der Waals surface area contributed by atoms with Gasteiger partial charge in [0.2, 0.25) is 0 Å². The first kappa shape index (κ1) is 9.48. The van der Waals surface area contributed by atoms with Crippen LogP contribution in [0.15, 0.2) is 36.4 Å². The third kappa shape index (κ3) is 3.53. The van der Waals surface area contributed by atoms with Gasteiger partial charge >= 0.3 is 5.97 Å². The number of aliphatic hydroxyl groups is 1. The Balaban J connectivity index is 2.54. The van der Waals surface area contributed by atoms with Gasteiger partial charge in [-0.25, -0.2) is 4.79 Å². The summed E-state index contributed by atoms with van der Waals surface area (Å²) in [6.07, 6.45) is 2.89. The lowest BCUT2D eigenvalue weighted by Gasteiger charge is -1.93. The fourth-order valence-electron chi connectivity index (χ4n) is 0.840.